The summed E-state index contributed by atoms with van der Waals surface area (Å²) in [4.78, 5) is 36.1. The lowest BCUT2D eigenvalue weighted by Crippen LogP contribution is -2.33. The SMILES string of the molecule is CN(CCC(N)=S)C(=O)CCn1[nH]c(=O)ccc1=O. The molecule has 7 nitrogen and oxygen atoms in total. The van der Waals surface area contributed by atoms with Crippen molar-refractivity contribution in [3.05, 3.63) is 32.8 Å². The summed E-state index contributed by atoms with van der Waals surface area (Å²) < 4.78 is 1.11. The van der Waals surface area contributed by atoms with Gasteiger partial charge in [0, 0.05) is 38.6 Å². The van der Waals surface area contributed by atoms with Gasteiger partial charge in [-0.3, -0.25) is 19.5 Å². The fraction of sp³-hybridized carbons (Fsp3) is 0.455. The van der Waals surface area contributed by atoms with Crippen molar-refractivity contribution in [2.45, 2.75) is 19.4 Å². The van der Waals surface area contributed by atoms with Crippen molar-refractivity contribution in [1.29, 1.82) is 0 Å². The Morgan fingerprint density at radius 1 is 1.42 bits per heavy atom. The zero-order chi connectivity index (χ0) is 14.4. The van der Waals surface area contributed by atoms with Crippen LogP contribution < -0.4 is 16.9 Å². The van der Waals surface area contributed by atoms with Gasteiger partial charge in [0.1, 0.15) is 0 Å². The molecule has 0 aliphatic carbocycles. The topological polar surface area (TPSA) is 101 Å². The van der Waals surface area contributed by atoms with Gasteiger partial charge in [-0.15, -0.1) is 0 Å². The minimum Gasteiger partial charge on any atom is -0.393 e. The number of hydrogen-bond donors (Lipinski definition) is 2. The van der Waals surface area contributed by atoms with Crippen molar-refractivity contribution in [2.75, 3.05) is 13.6 Å². The van der Waals surface area contributed by atoms with Crippen LogP contribution >= 0.6 is 12.2 Å². The summed E-state index contributed by atoms with van der Waals surface area (Å²) in [6, 6.07) is 2.31. The third kappa shape index (κ3) is 5.04. The van der Waals surface area contributed by atoms with Crippen LogP contribution in [0, 0.1) is 0 Å². The molecule has 0 aromatic carbocycles. The number of amides is 1. The van der Waals surface area contributed by atoms with Gasteiger partial charge in [-0.25, -0.2) is 4.68 Å². The van der Waals surface area contributed by atoms with Gasteiger partial charge >= 0.3 is 0 Å². The molecule has 3 N–H and O–H groups in total. The van der Waals surface area contributed by atoms with Crippen LogP contribution in [0.1, 0.15) is 12.8 Å². The number of carbonyl (C=O) groups is 1. The Bertz CT molecular complexity index is 578. The second-order valence-electron chi connectivity index (χ2n) is 4.08. The second-order valence-corrected chi connectivity index (χ2v) is 4.61. The number of H-pyrrole nitrogens is 1. The number of nitrogens with zero attached hydrogens (tertiary/aromatic N) is 2. The molecule has 0 atom stereocenters. The standard InChI is InChI=1S/C11H16N4O3S/c1-14(6-4-8(12)19)10(17)5-7-15-11(18)3-2-9(16)13-15/h2-3H,4-7H2,1H3,(H2,12,19)(H,13,16). The van der Waals surface area contributed by atoms with E-state index in [0.29, 0.717) is 18.0 Å². The number of aryl methyl sites for hydroxylation is 1. The van der Waals surface area contributed by atoms with Gasteiger partial charge in [-0.05, 0) is 0 Å². The van der Waals surface area contributed by atoms with E-state index in [9.17, 15) is 14.4 Å². The predicted molar refractivity (Wildman–Crippen MR) is 75.0 cm³/mol. The van der Waals surface area contributed by atoms with E-state index in [-0.39, 0.29) is 30.0 Å². The maximum absolute atomic E-state index is 11.8. The molecule has 104 valence electrons. The van der Waals surface area contributed by atoms with Gasteiger partial charge in [-0.2, -0.15) is 0 Å². The average Bonchev–Trinajstić information content (AvgIpc) is 2.36. The maximum atomic E-state index is 11.8. The molecule has 8 heteroatoms. The van der Waals surface area contributed by atoms with Gasteiger partial charge in [-0.1, -0.05) is 12.2 Å². The summed E-state index contributed by atoms with van der Waals surface area (Å²) in [5.74, 6) is -0.146. The molecule has 0 spiro atoms. The summed E-state index contributed by atoms with van der Waals surface area (Å²) >= 11 is 4.73. The van der Waals surface area contributed by atoms with Crippen LogP contribution in [0.5, 0.6) is 0 Å². The number of nitrogens with one attached hydrogen (secondary N) is 1. The van der Waals surface area contributed by atoms with Crippen molar-refractivity contribution in [3.63, 3.8) is 0 Å². The van der Waals surface area contributed by atoms with E-state index in [1.807, 2.05) is 0 Å². The molecule has 0 aliphatic heterocycles. The highest BCUT2D eigenvalue weighted by atomic mass is 32.1. The van der Waals surface area contributed by atoms with E-state index < -0.39 is 0 Å². The molecule has 0 radical (unpaired) electrons. The molecule has 0 saturated heterocycles. The second kappa shape index (κ2) is 6.83. The molecule has 19 heavy (non-hydrogen) atoms. The normalized spacial score (nSPS) is 10.2. The number of hydrogen-bond acceptors (Lipinski definition) is 4. The number of aromatic nitrogens is 2. The first-order chi connectivity index (χ1) is 8.90. The molecule has 1 rings (SSSR count). The molecular weight excluding hydrogens is 268 g/mol. The van der Waals surface area contributed by atoms with Crippen LogP contribution in [-0.2, 0) is 11.3 Å². The number of rotatable bonds is 6. The van der Waals surface area contributed by atoms with Gasteiger partial charge in [0.05, 0.1) is 11.5 Å². The zero-order valence-electron chi connectivity index (χ0n) is 10.6. The number of nitrogens with two attached hydrogens (primary N) is 1. The van der Waals surface area contributed by atoms with E-state index in [4.69, 9.17) is 18.0 Å². The van der Waals surface area contributed by atoms with Crippen molar-refractivity contribution in [2.24, 2.45) is 5.73 Å². The van der Waals surface area contributed by atoms with Gasteiger partial charge < -0.3 is 10.6 Å². The smallest absolute Gasteiger partial charge is 0.265 e. The quantitative estimate of drug-likeness (QED) is 0.657. The van der Waals surface area contributed by atoms with Crippen LogP contribution in [0.2, 0.25) is 0 Å². The minimum absolute atomic E-state index is 0.119. The van der Waals surface area contributed by atoms with Crippen LogP contribution in [-0.4, -0.2) is 39.2 Å². The highest BCUT2D eigenvalue weighted by Gasteiger charge is 2.09. The van der Waals surface area contributed by atoms with Crippen molar-refractivity contribution in [3.8, 4) is 0 Å². The van der Waals surface area contributed by atoms with E-state index in [0.717, 1.165) is 10.7 Å². The molecule has 0 saturated carbocycles. The first-order valence-electron chi connectivity index (χ1n) is 5.72. The Labute approximate surface area is 115 Å². The Morgan fingerprint density at radius 2 is 2.11 bits per heavy atom. The largest absolute Gasteiger partial charge is 0.393 e. The number of carbonyl (C=O) groups excluding carboxylic acids is 1. The third-order valence-corrected chi connectivity index (χ3v) is 2.76. The lowest BCUT2D eigenvalue weighted by molar-refractivity contribution is -0.130. The molecule has 1 heterocycles. The summed E-state index contributed by atoms with van der Waals surface area (Å²) in [5.41, 5.74) is 4.62. The van der Waals surface area contributed by atoms with Crippen molar-refractivity contribution >= 4 is 23.1 Å². The van der Waals surface area contributed by atoms with E-state index in [1.54, 1.807) is 7.05 Å². The maximum Gasteiger partial charge on any atom is 0.265 e. The molecule has 0 unspecified atom stereocenters. The van der Waals surface area contributed by atoms with Crippen LogP contribution in [0.4, 0.5) is 0 Å². The average molecular weight is 284 g/mol. The molecule has 1 amide bonds. The highest BCUT2D eigenvalue weighted by Crippen LogP contribution is 1.94. The van der Waals surface area contributed by atoms with E-state index in [2.05, 4.69) is 5.10 Å². The molecule has 0 aliphatic rings. The first kappa shape index (κ1) is 15.1. The Kier molecular flexibility index (Phi) is 5.43. The van der Waals surface area contributed by atoms with Crippen LogP contribution in [0.25, 0.3) is 0 Å². The number of aromatic amines is 1. The summed E-state index contributed by atoms with van der Waals surface area (Å²) in [6.07, 6.45) is 0.577. The molecular formula is C11H16N4O3S. The lowest BCUT2D eigenvalue weighted by atomic mass is 10.3. The minimum atomic E-state index is -0.381. The lowest BCUT2D eigenvalue weighted by Gasteiger charge is -2.16. The van der Waals surface area contributed by atoms with E-state index in [1.165, 1.54) is 11.0 Å². The monoisotopic (exact) mass is 284 g/mol. The Morgan fingerprint density at radius 3 is 2.74 bits per heavy atom. The molecule has 1 aromatic heterocycles. The van der Waals surface area contributed by atoms with Gasteiger partial charge in [0.25, 0.3) is 11.1 Å². The molecule has 0 fully saturated rings. The summed E-state index contributed by atoms with van der Waals surface area (Å²) in [5, 5.41) is 2.36. The first-order valence-corrected chi connectivity index (χ1v) is 6.13. The fourth-order valence-electron chi connectivity index (χ4n) is 1.43. The third-order valence-electron chi connectivity index (χ3n) is 2.56. The van der Waals surface area contributed by atoms with E-state index >= 15 is 0 Å². The van der Waals surface area contributed by atoms with Crippen molar-refractivity contribution < 1.29 is 4.79 Å². The number of thiocarbonyl (C=S) groups is 1. The van der Waals surface area contributed by atoms with Crippen LogP contribution in [0.3, 0.4) is 0 Å². The molecule has 0 bridgehead atoms. The highest BCUT2D eigenvalue weighted by molar-refractivity contribution is 7.80. The van der Waals surface area contributed by atoms with Gasteiger partial charge in [0.2, 0.25) is 5.91 Å². The predicted octanol–water partition coefficient (Wildman–Crippen LogP) is -0.939. The van der Waals surface area contributed by atoms with Crippen LogP contribution in [0.15, 0.2) is 21.7 Å². The summed E-state index contributed by atoms with van der Waals surface area (Å²) in [7, 11) is 1.64. The molecule has 1 aromatic rings. The van der Waals surface area contributed by atoms with Gasteiger partial charge in [0.15, 0.2) is 0 Å². The van der Waals surface area contributed by atoms with Crippen molar-refractivity contribution in [1.82, 2.24) is 14.7 Å². The Hall–Kier alpha value is -1.96. The Balaban J connectivity index is 2.54. The fourth-order valence-corrected chi connectivity index (χ4v) is 1.52. The summed E-state index contributed by atoms with van der Waals surface area (Å²) in [6.45, 7) is 0.569. The zero-order valence-corrected chi connectivity index (χ0v) is 11.4.